The fourth-order valence-corrected chi connectivity index (χ4v) is 1.61. The Hall–Kier alpha value is -1.56. The molecule has 0 aromatic heterocycles. The number of alkyl halides is 3. The molecule has 0 aliphatic rings. The highest BCUT2D eigenvalue weighted by molar-refractivity contribution is 5.75. The largest absolute Gasteiger partial charge is 0.416 e. The molecular formula is C13H17F3N2O. The van der Waals surface area contributed by atoms with Gasteiger partial charge in [-0.3, -0.25) is 4.79 Å². The van der Waals surface area contributed by atoms with Crippen LogP contribution in [0.5, 0.6) is 0 Å². The summed E-state index contributed by atoms with van der Waals surface area (Å²) in [6.45, 7) is 0.738. The number of carbonyl (C=O) groups excluding carboxylic acids is 1. The van der Waals surface area contributed by atoms with Crippen LogP contribution >= 0.6 is 0 Å². The number of amides is 1. The zero-order valence-electron chi connectivity index (χ0n) is 10.7. The van der Waals surface area contributed by atoms with Crippen molar-refractivity contribution in [3.05, 3.63) is 35.4 Å². The molecule has 1 rings (SSSR count). The summed E-state index contributed by atoms with van der Waals surface area (Å²) in [7, 11) is 1.62. The Bertz CT molecular complexity index is 415. The van der Waals surface area contributed by atoms with Crippen LogP contribution in [0.4, 0.5) is 13.2 Å². The van der Waals surface area contributed by atoms with Gasteiger partial charge < -0.3 is 10.6 Å². The second kappa shape index (κ2) is 6.56. The lowest BCUT2D eigenvalue weighted by molar-refractivity contribution is -0.137. The van der Waals surface area contributed by atoms with Crippen LogP contribution in [0.25, 0.3) is 0 Å². The Kier molecular flexibility index (Phi) is 5.35. The van der Waals surface area contributed by atoms with Crippen molar-refractivity contribution in [3.8, 4) is 0 Å². The van der Waals surface area contributed by atoms with Gasteiger partial charge in [-0.2, -0.15) is 13.2 Å². The van der Waals surface area contributed by atoms with Gasteiger partial charge in [-0.25, -0.2) is 0 Å². The Labute approximate surface area is 110 Å². The summed E-state index contributed by atoms with van der Waals surface area (Å²) in [5, 5.41) is 0. The van der Waals surface area contributed by atoms with E-state index in [1.165, 1.54) is 17.0 Å². The van der Waals surface area contributed by atoms with Crippen LogP contribution in [0, 0.1) is 0 Å². The molecule has 0 radical (unpaired) electrons. The lowest BCUT2D eigenvalue weighted by Gasteiger charge is -2.17. The van der Waals surface area contributed by atoms with Crippen LogP contribution in [0.15, 0.2) is 24.3 Å². The smallest absolute Gasteiger partial charge is 0.341 e. The van der Waals surface area contributed by atoms with Crippen molar-refractivity contribution in [2.24, 2.45) is 5.73 Å². The molecule has 0 aliphatic heterocycles. The standard InChI is InChI=1S/C13H17F3N2O/c1-18(12(19)3-2-8-17)9-10-4-6-11(7-5-10)13(14,15)16/h4-7H,2-3,8-9,17H2,1H3. The average Bonchev–Trinajstić information content (AvgIpc) is 2.35. The van der Waals surface area contributed by atoms with Gasteiger partial charge in [0.2, 0.25) is 5.91 Å². The number of hydrogen-bond donors (Lipinski definition) is 1. The van der Waals surface area contributed by atoms with Crippen LogP contribution in [0.1, 0.15) is 24.0 Å². The van der Waals surface area contributed by atoms with Crippen molar-refractivity contribution >= 4 is 5.91 Å². The molecule has 0 saturated carbocycles. The fourth-order valence-electron chi connectivity index (χ4n) is 1.61. The molecule has 3 nitrogen and oxygen atoms in total. The van der Waals surface area contributed by atoms with Gasteiger partial charge >= 0.3 is 6.18 Å². The topological polar surface area (TPSA) is 46.3 Å². The summed E-state index contributed by atoms with van der Waals surface area (Å²) in [6, 6.07) is 4.81. The van der Waals surface area contributed by atoms with E-state index in [0.29, 0.717) is 31.5 Å². The van der Waals surface area contributed by atoms with Crippen LogP contribution in [0.2, 0.25) is 0 Å². The van der Waals surface area contributed by atoms with Gasteiger partial charge in [-0.05, 0) is 30.7 Å². The first-order valence-corrected chi connectivity index (χ1v) is 5.94. The summed E-state index contributed by atoms with van der Waals surface area (Å²) in [5.41, 5.74) is 5.29. The van der Waals surface area contributed by atoms with Crippen LogP contribution in [-0.2, 0) is 17.5 Å². The summed E-state index contributed by atoms with van der Waals surface area (Å²) >= 11 is 0. The van der Waals surface area contributed by atoms with Crippen LogP contribution < -0.4 is 5.73 Å². The highest BCUT2D eigenvalue weighted by Gasteiger charge is 2.29. The highest BCUT2D eigenvalue weighted by atomic mass is 19.4. The quantitative estimate of drug-likeness (QED) is 0.896. The predicted octanol–water partition coefficient (Wildman–Crippen LogP) is 2.40. The van der Waals surface area contributed by atoms with E-state index < -0.39 is 11.7 Å². The maximum Gasteiger partial charge on any atom is 0.416 e. The first-order chi connectivity index (χ1) is 8.84. The van der Waals surface area contributed by atoms with Crippen molar-refractivity contribution in [3.63, 3.8) is 0 Å². The van der Waals surface area contributed by atoms with Gasteiger partial charge in [0.1, 0.15) is 0 Å². The van der Waals surface area contributed by atoms with Crippen molar-refractivity contribution < 1.29 is 18.0 Å². The maximum absolute atomic E-state index is 12.4. The minimum Gasteiger partial charge on any atom is -0.341 e. The third-order valence-electron chi connectivity index (χ3n) is 2.72. The van der Waals surface area contributed by atoms with Crippen molar-refractivity contribution in [2.45, 2.75) is 25.6 Å². The molecule has 0 aliphatic carbocycles. The zero-order chi connectivity index (χ0) is 14.5. The lowest BCUT2D eigenvalue weighted by atomic mass is 10.1. The number of halogens is 3. The molecule has 0 spiro atoms. The first kappa shape index (κ1) is 15.5. The van der Waals surface area contributed by atoms with E-state index in [9.17, 15) is 18.0 Å². The Morgan fingerprint density at radius 2 is 1.84 bits per heavy atom. The van der Waals surface area contributed by atoms with E-state index in [4.69, 9.17) is 5.73 Å². The van der Waals surface area contributed by atoms with Gasteiger partial charge in [0, 0.05) is 20.0 Å². The Balaban J connectivity index is 2.60. The summed E-state index contributed by atoms with van der Waals surface area (Å²) in [6.07, 6.45) is -3.37. The van der Waals surface area contributed by atoms with Crippen molar-refractivity contribution in [1.82, 2.24) is 4.90 Å². The van der Waals surface area contributed by atoms with Gasteiger partial charge in [0.25, 0.3) is 0 Å². The molecule has 0 unspecified atom stereocenters. The number of rotatable bonds is 5. The average molecular weight is 274 g/mol. The molecule has 1 aromatic rings. The number of nitrogens with two attached hydrogens (primary N) is 1. The van der Waals surface area contributed by atoms with E-state index in [2.05, 4.69) is 0 Å². The van der Waals surface area contributed by atoms with Gasteiger partial charge in [0.05, 0.1) is 5.56 Å². The normalized spacial score (nSPS) is 11.4. The minimum absolute atomic E-state index is 0.0645. The zero-order valence-corrected chi connectivity index (χ0v) is 10.7. The predicted molar refractivity (Wildman–Crippen MR) is 66.2 cm³/mol. The van der Waals surface area contributed by atoms with E-state index in [0.717, 1.165) is 12.1 Å². The number of carbonyl (C=O) groups is 1. The molecule has 0 bridgehead atoms. The van der Waals surface area contributed by atoms with Gasteiger partial charge in [-0.15, -0.1) is 0 Å². The molecule has 0 saturated heterocycles. The molecule has 106 valence electrons. The third kappa shape index (κ3) is 4.90. The first-order valence-electron chi connectivity index (χ1n) is 5.94. The van der Waals surface area contributed by atoms with Crippen molar-refractivity contribution in [2.75, 3.05) is 13.6 Å². The molecule has 0 atom stereocenters. The van der Waals surface area contributed by atoms with E-state index >= 15 is 0 Å². The molecule has 2 N–H and O–H groups in total. The molecule has 0 fully saturated rings. The second-order valence-corrected chi connectivity index (χ2v) is 4.34. The Morgan fingerprint density at radius 3 is 2.32 bits per heavy atom. The van der Waals surface area contributed by atoms with Crippen molar-refractivity contribution in [1.29, 1.82) is 0 Å². The number of benzene rings is 1. The summed E-state index contributed by atoms with van der Waals surface area (Å²) in [5.74, 6) is -0.0645. The third-order valence-corrected chi connectivity index (χ3v) is 2.72. The molecular weight excluding hydrogens is 257 g/mol. The minimum atomic E-state index is -4.33. The summed E-state index contributed by atoms with van der Waals surface area (Å²) < 4.78 is 37.1. The number of hydrogen-bond acceptors (Lipinski definition) is 2. The van der Waals surface area contributed by atoms with Crippen LogP contribution in [0.3, 0.4) is 0 Å². The number of nitrogens with zero attached hydrogens (tertiary/aromatic N) is 1. The fraction of sp³-hybridized carbons (Fsp3) is 0.462. The van der Waals surface area contributed by atoms with E-state index in [1.54, 1.807) is 7.05 Å². The maximum atomic E-state index is 12.4. The lowest BCUT2D eigenvalue weighted by Crippen LogP contribution is -2.26. The van der Waals surface area contributed by atoms with Gasteiger partial charge in [0.15, 0.2) is 0 Å². The summed E-state index contributed by atoms with van der Waals surface area (Å²) in [4.78, 5) is 13.1. The molecule has 6 heteroatoms. The highest BCUT2D eigenvalue weighted by Crippen LogP contribution is 2.29. The van der Waals surface area contributed by atoms with Crippen LogP contribution in [-0.4, -0.2) is 24.4 Å². The van der Waals surface area contributed by atoms with Gasteiger partial charge in [-0.1, -0.05) is 12.1 Å². The SMILES string of the molecule is CN(Cc1ccc(C(F)(F)F)cc1)C(=O)CCCN. The van der Waals surface area contributed by atoms with E-state index in [-0.39, 0.29) is 5.91 Å². The second-order valence-electron chi connectivity index (χ2n) is 4.34. The molecule has 19 heavy (non-hydrogen) atoms. The molecule has 1 amide bonds. The monoisotopic (exact) mass is 274 g/mol. The molecule has 0 heterocycles. The van der Waals surface area contributed by atoms with E-state index in [1.807, 2.05) is 0 Å². The Morgan fingerprint density at radius 1 is 1.26 bits per heavy atom. The molecule has 1 aromatic carbocycles.